The van der Waals surface area contributed by atoms with Crippen molar-refractivity contribution < 1.29 is 13.2 Å². The number of nitrogens with zero attached hydrogens (tertiary/aromatic N) is 2. The van der Waals surface area contributed by atoms with Gasteiger partial charge in [-0.3, -0.25) is 14.2 Å². The number of halogens is 1. The number of carbonyl (C=O) groups excluding carboxylic acids is 1. The van der Waals surface area contributed by atoms with Gasteiger partial charge in [-0.1, -0.05) is 15.9 Å². The van der Waals surface area contributed by atoms with E-state index in [9.17, 15) is 13.2 Å². The number of amides is 1. The second-order valence-corrected chi connectivity index (χ2v) is 6.76. The molecule has 0 bridgehead atoms. The SMILES string of the molecule is CNC(=O)Cn1cc(NS(=O)(=O)c2ccc(Br)cc2)cn1. The summed E-state index contributed by atoms with van der Waals surface area (Å²) in [5.74, 6) is -0.222. The van der Waals surface area contributed by atoms with Crippen LogP contribution in [0.3, 0.4) is 0 Å². The van der Waals surface area contributed by atoms with E-state index in [2.05, 4.69) is 31.1 Å². The van der Waals surface area contributed by atoms with E-state index in [-0.39, 0.29) is 17.3 Å². The van der Waals surface area contributed by atoms with Gasteiger partial charge in [0.15, 0.2) is 0 Å². The largest absolute Gasteiger partial charge is 0.358 e. The number of aromatic nitrogens is 2. The van der Waals surface area contributed by atoms with E-state index >= 15 is 0 Å². The molecule has 0 saturated heterocycles. The summed E-state index contributed by atoms with van der Waals surface area (Å²) < 4.78 is 28.9. The van der Waals surface area contributed by atoms with Crippen LogP contribution in [0.15, 0.2) is 46.0 Å². The number of anilines is 1. The Morgan fingerprint density at radius 1 is 1.33 bits per heavy atom. The summed E-state index contributed by atoms with van der Waals surface area (Å²) in [6, 6.07) is 6.26. The Hall–Kier alpha value is -1.87. The molecule has 0 unspecified atom stereocenters. The third-order valence-corrected chi connectivity index (χ3v) is 4.52. The molecular weight excluding hydrogens is 360 g/mol. The number of hydrogen-bond acceptors (Lipinski definition) is 4. The molecule has 1 heterocycles. The topological polar surface area (TPSA) is 93.1 Å². The molecule has 0 aliphatic rings. The highest BCUT2D eigenvalue weighted by atomic mass is 79.9. The van der Waals surface area contributed by atoms with Gasteiger partial charge in [0.25, 0.3) is 10.0 Å². The summed E-state index contributed by atoms with van der Waals surface area (Å²) >= 11 is 3.25. The molecule has 1 amide bonds. The normalized spacial score (nSPS) is 11.1. The average Bonchev–Trinajstić information content (AvgIpc) is 2.85. The van der Waals surface area contributed by atoms with Crippen LogP contribution in [-0.2, 0) is 21.4 Å². The Bertz CT molecular complexity index is 740. The van der Waals surface area contributed by atoms with Gasteiger partial charge < -0.3 is 5.32 Å². The van der Waals surface area contributed by atoms with Crippen LogP contribution in [0.4, 0.5) is 5.69 Å². The van der Waals surface area contributed by atoms with Gasteiger partial charge in [-0.05, 0) is 24.3 Å². The quantitative estimate of drug-likeness (QED) is 0.824. The predicted octanol–water partition coefficient (Wildman–Crippen LogP) is 1.19. The van der Waals surface area contributed by atoms with Crippen LogP contribution >= 0.6 is 15.9 Å². The molecule has 1 aromatic heterocycles. The molecule has 0 radical (unpaired) electrons. The maximum atomic E-state index is 12.2. The minimum absolute atomic E-state index is 0.0243. The molecule has 0 aliphatic carbocycles. The lowest BCUT2D eigenvalue weighted by atomic mass is 10.4. The second-order valence-electron chi connectivity index (χ2n) is 4.16. The number of benzene rings is 1. The summed E-state index contributed by atoms with van der Waals surface area (Å²) in [6.07, 6.45) is 2.80. The van der Waals surface area contributed by atoms with Crippen molar-refractivity contribution in [3.05, 3.63) is 41.1 Å². The number of likely N-dealkylation sites (N-methyl/N-ethyl adjacent to an activating group) is 1. The first-order valence-corrected chi connectivity index (χ1v) is 8.20. The molecule has 9 heteroatoms. The predicted molar refractivity (Wildman–Crippen MR) is 81.2 cm³/mol. The van der Waals surface area contributed by atoms with Crippen LogP contribution < -0.4 is 10.0 Å². The first-order valence-electron chi connectivity index (χ1n) is 5.92. The van der Waals surface area contributed by atoms with E-state index in [1.807, 2.05) is 0 Å². The van der Waals surface area contributed by atoms with Gasteiger partial charge in [0.1, 0.15) is 6.54 Å². The van der Waals surface area contributed by atoms with Crippen LogP contribution in [0.1, 0.15) is 0 Å². The molecule has 2 N–H and O–H groups in total. The third-order valence-electron chi connectivity index (χ3n) is 2.59. The fraction of sp³-hybridized carbons (Fsp3) is 0.167. The molecule has 2 rings (SSSR count). The van der Waals surface area contributed by atoms with Gasteiger partial charge in [-0.15, -0.1) is 0 Å². The van der Waals surface area contributed by atoms with Crippen molar-refractivity contribution in [1.29, 1.82) is 0 Å². The molecule has 112 valence electrons. The first-order chi connectivity index (χ1) is 9.90. The van der Waals surface area contributed by atoms with E-state index in [0.717, 1.165) is 4.47 Å². The number of carbonyl (C=O) groups is 1. The molecule has 1 aromatic carbocycles. The van der Waals surface area contributed by atoms with Crippen LogP contribution in [0.5, 0.6) is 0 Å². The Labute approximate surface area is 130 Å². The number of hydrogen-bond donors (Lipinski definition) is 2. The highest BCUT2D eigenvalue weighted by molar-refractivity contribution is 9.10. The maximum Gasteiger partial charge on any atom is 0.261 e. The van der Waals surface area contributed by atoms with Crippen LogP contribution in [-0.4, -0.2) is 31.2 Å². The molecule has 0 atom stereocenters. The van der Waals surface area contributed by atoms with Gasteiger partial charge in [-0.2, -0.15) is 5.10 Å². The van der Waals surface area contributed by atoms with Gasteiger partial charge in [-0.25, -0.2) is 8.42 Å². The molecule has 0 spiro atoms. The lowest BCUT2D eigenvalue weighted by Gasteiger charge is -2.05. The third kappa shape index (κ3) is 4.05. The van der Waals surface area contributed by atoms with Crippen LogP contribution in [0.2, 0.25) is 0 Å². The molecule has 7 nitrogen and oxygen atoms in total. The Morgan fingerprint density at radius 3 is 2.62 bits per heavy atom. The van der Waals surface area contributed by atoms with E-state index in [4.69, 9.17) is 0 Å². The van der Waals surface area contributed by atoms with Gasteiger partial charge in [0.05, 0.1) is 16.8 Å². The fourth-order valence-corrected chi connectivity index (χ4v) is 2.85. The van der Waals surface area contributed by atoms with Crippen molar-refractivity contribution in [2.75, 3.05) is 11.8 Å². The molecule has 0 fully saturated rings. The van der Waals surface area contributed by atoms with Crippen LogP contribution in [0.25, 0.3) is 0 Å². The summed E-state index contributed by atoms with van der Waals surface area (Å²) in [5.41, 5.74) is 0.293. The molecule has 0 saturated carbocycles. The average molecular weight is 373 g/mol. The smallest absolute Gasteiger partial charge is 0.261 e. The summed E-state index contributed by atoms with van der Waals surface area (Å²) in [7, 11) is -2.16. The van der Waals surface area contributed by atoms with Gasteiger partial charge in [0.2, 0.25) is 5.91 Å². The van der Waals surface area contributed by atoms with Crippen molar-refractivity contribution in [2.45, 2.75) is 11.4 Å². The number of nitrogens with one attached hydrogen (secondary N) is 2. The lowest BCUT2D eigenvalue weighted by Crippen LogP contribution is -2.23. The van der Waals surface area contributed by atoms with Crippen molar-refractivity contribution in [3.63, 3.8) is 0 Å². The Balaban J connectivity index is 2.14. The first kappa shape index (κ1) is 15.5. The molecule has 21 heavy (non-hydrogen) atoms. The number of sulfonamides is 1. The van der Waals surface area contributed by atoms with E-state index in [1.54, 1.807) is 12.1 Å². The minimum atomic E-state index is -3.68. The van der Waals surface area contributed by atoms with Crippen molar-refractivity contribution in [3.8, 4) is 0 Å². The van der Waals surface area contributed by atoms with Gasteiger partial charge in [0, 0.05) is 17.7 Å². The van der Waals surface area contributed by atoms with Crippen molar-refractivity contribution in [2.24, 2.45) is 0 Å². The van der Waals surface area contributed by atoms with Gasteiger partial charge >= 0.3 is 0 Å². The zero-order valence-electron chi connectivity index (χ0n) is 11.1. The van der Waals surface area contributed by atoms with E-state index in [0.29, 0.717) is 5.69 Å². The highest BCUT2D eigenvalue weighted by Crippen LogP contribution is 2.18. The second kappa shape index (κ2) is 6.27. The zero-order valence-corrected chi connectivity index (χ0v) is 13.5. The van der Waals surface area contributed by atoms with E-state index < -0.39 is 10.0 Å². The molecular formula is C12H13BrN4O3S. The monoisotopic (exact) mass is 372 g/mol. The van der Waals surface area contributed by atoms with E-state index in [1.165, 1.54) is 36.3 Å². The minimum Gasteiger partial charge on any atom is -0.358 e. The van der Waals surface area contributed by atoms with Crippen molar-refractivity contribution >= 4 is 37.5 Å². The standard InChI is InChI=1S/C12H13BrN4O3S/c1-14-12(18)8-17-7-10(6-15-17)16-21(19,20)11-4-2-9(13)3-5-11/h2-7,16H,8H2,1H3,(H,14,18). The zero-order chi connectivity index (χ0) is 15.5. The van der Waals surface area contributed by atoms with Crippen LogP contribution in [0, 0.1) is 0 Å². The lowest BCUT2D eigenvalue weighted by molar-refractivity contribution is -0.121. The molecule has 2 aromatic rings. The fourth-order valence-electron chi connectivity index (χ4n) is 1.56. The molecule has 0 aliphatic heterocycles. The maximum absolute atomic E-state index is 12.2. The number of rotatable bonds is 5. The summed E-state index contributed by atoms with van der Waals surface area (Å²) in [6.45, 7) is 0.0243. The Morgan fingerprint density at radius 2 is 2.00 bits per heavy atom. The van der Waals surface area contributed by atoms with Crippen molar-refractivity contribution in [1.82, 2.24) is 15.1 Å². The summed E-state index contributed by atoms with van der Waals surface area (Å²) in [4.78, 5) is 11.4. The Kier molecular flexibility index (Phi) is 4.63. The highest BCUT2D eigenvalue weighted by Gasteiger charge is 2.15. The summed E-state index contributed by atoms with van der Waals surface area (Å²) in [5, 5.41) is 6.38.